The summed E-state index contributed by atoms with van der Waals surface area (Å²) in [5.41, 5.74) is 6.31. The largest absolute Gasteiger partial charge is 0.388 e. The first-order valence-electron chi connectivity index (χ1n) is 11.3. The van der Waals surface area contributed by atoms with Gasteiger partial charge < -0.3 is 0 Å². The second kappa shape index (κ2) is 8.59. The zero-order valence-electron chi connectivity index (χ0n) is 20.1. The smallest absolute Gasteiger partial charge is 0.171 e. The van der Waals surface area contributed by atoms with Gasteiger partial charge in [-0.2, -0.15) is 26.3 Å². The van der Waals surface area contributed by atoms with Gasteiger partial charge in [0.05, 0.1) is 16.1 Å². The van der Waals surface area contributed by atoms with E-state index < -0.39 is 41.3 Å². The summed E-state index contributed by atoms with van der Waals surface area (Å²) in [6.45, 7) is 11.9. The molecule has 0 saturated heterocycles. The molecule has 0 heterocycles. The number of hydrogen-bond donors (Lipinski definition) is 0. The predicted molar refractivity (Wildman–Crippen MR) is 129 cm³/mol. The van der Waals surface area contributed by atoms with Crippen LogP contribution in [0, 0.1) is 13.8 Å². The van der Waals surface area contributed by atoms with Crippen LogP contribution in [0.15, 0.2) is 24.3 Å². The summed E-state index contributed by atoms with van der Waals surface area (Å²) in [7, 11) is -4.78. The lowest BCUT2D eigenvalue weighted by molar-refractivity contribution is -0.131. The molecule has 0 N–H and O–H groups in total. The zero-order valence-corrected chi connectivity index (χ0v) is 22.1. The first kappa shape index (κ1) is 26.1. The molecule has 0 nitrogen and oxygen atoms in total. The van der Waals surface area contributed by atoms with Crippen LogP contribution in [0.3, 0.4) is 0 Å². The Balaban J connectivity index is 2.08. The van der Waals surface area contributed by atoms with E-state index in [0.29, 0.717) is 6.42 Å². The lowest BCUT2D eigenvalue weighted by atomic mass is 10.0. The summed E-state index contributed by atoms with van der Waals surface area (Å²) in [6.07, 6.45) is -9.34. The molecule has 0 fully saturated rings. The third kappa shape index (κ3) is 5.94. The van der Waals surface area contributed by atoms with Gasteiger partial charge in [-0.15, -0.1) is 0 Å². The minimum Gasteiger partial charge on any atom is -0.171 e. The molecule has 0 spiro atoms. The minimum absolute atomic E-state index is 0.125. The highest BCUT2D eigenvalue weighted by Gasteiger charge is 2.39. The van der Waals surface area contributed by atoms with E-state index in [1.165, 1.54) is 0 Å². The van der Waals surface area contributed by atoms with Crippen LogP contribution in [0.1, 0.15) is 35.1 Å². The summed E-state index contributed by atoms with van der Waals surface area (Å²) >= 11 is 0. The van der Waals surface area contributed by atoms with Crippen molar-refractivity contribution >= 4 is 26.5 Å². The van der Waals surface area contributed by atoms with E-state index in [0.717, 1.165) is 43.8 Å². The van der Waals surface area contributed by atoms with Gasteiger partial charge in [0.25, 0.3) is 0 Å². The molecule has 0 unspecified atom stereocenters. The topological polar surface area (TPSA) is 0 Å². The molecule has 3 rings (SSSR count). The van der Waals surface area contributed by atoms with Crippen molar-refractivity contribution in [3.63, 3.8) is 0 Å². The highest BCUT2D eigenvalue weighted by Crippen LogP contribution is 2.39. The molecular formula is C25H32F6Si2. The fraction of sp³-hybridized carbons (Fsp3) is 0.520. The lowest BCUT2D eigenvalue weighted by Crippen LogP contribution is -2.45. The van der Waals surface area contributed by atoms with E-state index in [4.69, 9.17) is 0 Å². The average Bonchev–Trinajstić information content (AvgIpc) is 3.01. The number of rotatable bonds is 6. The highest BCUT2D eigenvalue weighted by molar-refractivity contribution is 6.91. The quantitative estimate of drug-likeness (QED) is 0.240. The Morgan fingerprint density at radius 2 is 0.970 bits per heavy atom. The molecule has 182 valence electrons. The molecule has 2 aromatic rings. The molecule has 1 aliphatic rings. The molecule has 33 heavy (non-hydrogen) atoms. The van der Waals surface area contributed by atoms with Crippen LogP contribution >= 0.6 is 0 Å². The van der Waals surface area contributed by atoms with E-state index in [1.54, 1.807) is 0 Å². The van der Waals surface area contributed by atoms with Crippen LogP contribution in [-0.4, -0.2) is 28.5 Å². The monoisotopic (exact) mass is 502 g/mol. The number of aryl methyl sites for hydroxylation is 2. The molecular weight excluding hydrogens is 470 g/mol. The van der Waals surface area contributed by atoms with Gasteiger partial charge in [-0.05, 0) is 54.6 Å². The van der Waals surface area contributed by atoms with Crippen molar-refractivity contribution in [2.45, 2.75) is 83.7 Å². The molecule has 0 saturated carbocycles. The number of alkyl halides is 6. The summed E-state index contributed by atoms with van der Waals surface area (Å²) in [6, 6.07) is 8.53. The molecule has 0 bridgehead atoms. The van der Waals surface area contributed by atoms with Gasteiger partial charge >= 0.3 is 12.4 Å². The molecule has 0 aliphatic heterocycles. The third-order valence-corrected chi connectivity index (χ3v) is 13.8. The molecule has 8 heteroatoms. The normalized spacial score (nSPS) is 14.4. The van der Waals surface area contributed by atoms with Crippen molar-refractivity contribution in [2.75, 3.05) is 0 Å². The Labute approximate surface area is 194 Å². The van der Waals surface area contributed by atoms with E-state index in [9.17, 15) is 26.3 Å². The van der Waals surface area contributed by atoms with E-state index >= 15 is 0 Å². The van der Waals surface area contributed by atoms with Gasteiger partial charge in [0, 0.05) is 12.8 Å². The van der Waals surface area contributed by atoms with Crippen LogP contribution < -0.4 is 10.4 Å². The number of fused-ring (bicyclic) bond motifs is 3. The Hall–Kier alpha value is -1.55. The van der Waals surface area contributed by atoms with Crippen molar-refractivity contribution in [3.8, 4) is 11.1 Å². The number of hydrogen-bond acceptors (Lipinski definition) is 0. The van der Waals surface area contributed by atoms with E-state index in [1.807, 2.05) is 52.2 Å². The van der Waals surface area contributed by atoms with E-state index in [-0.39, 0.29) is 12.1 Å². The van der Waals surface area contributed by atoms with E-state index in [2.05, 4.69) is 12.1 Å². The molecule has 0 radical (unpaired) electrons. The Kier molecular flexibility index (Phi) is 6.79. The molecule has 0 amide bonds. The third-order valence-electron chi connectivity index (χ3n) is 6.96. The minimum atomic E-state index is -4.18. The fourth-order valence-corrected chi connectivity index (χ4v) is 10.7. The first-order chi connectivity index (χ1) is 14.9. The number of benzene rings is 2. The van der Waals surface area contributed by atoms with Crippen molar-refractivity contribution in [2.24, 2.45) is 0 Å². The van der Waals surface area contributed by atoms with Gasteiger partial charge in [-0.25, -0.2) is 0 Å². The van der Waals surface area contributed by atoms with Gasteiger partial charge in [0.15, 0.2) is 0 Å². The summed E-state index contributed by atoms with van der Waals surface area (Å²) in [4.78, 5) is 0. The zero-order chi connectivity index (χ0) is 25.0. The second-order valence-electron chi connectivity index (χ2n) is 10.9. The Morgan fingerprint density at radius 1 is 0.636 bits per heavy atom. The van der Waals surface area contributed by atoms with Crippen LogP contribution in [0.4, 0.5) is 26.3 Å². The fourth-order valence-electron chi connectivity index (χ4n) is 5.06. The molecule has 0 aromatic heterocycles. The predicted octanol–water partition coefficient (Wildman–Crippen LogP) is 7.61. The van der Waals surface area contributed by atoms with Gasteiger partial charge in [0.2, 0.25) is 0 Å². The van der Waals surface area contributed by atoms with Gasteiger partial charge in [-0.3, -0.25) is 0 Å². The Morgan fingerprint density at radius 3 is 1.27 bits per heavy atom. The number of halogens is 6. The van der Waals surface area contributed by atoms with Crippen LogP contribution in [0.25, 0.3) is 11.1 Å². The molecule has 0 atom stereocenters. The Bertz CT molecular complexity index is 965. The van der Waals surface area contributed by atoms with Crippen molar-refractivity contribution in [1.29, 1.82) is 0 Å². The highest BCUT2D eigenvalue weighted by atomic mass is 28.3. The standard InChI is InChI=1S/C25H32F6Si2/c1-16-11-18-19-12-17(2)14-23(33(5,6)10-8-25(29,30)31)21(19)15-20(18)22(13-16)32(3,4)9-7-24(26,27)28/h11-14H,7-10,15H2,1-6H3. The molecule has 1 aliphatic carbocycles. The molecule has 2 aromatic carbocycles. The maximum absolute atomic E-state index is 13.0. The maximum Gasteiger partial charge on any atom is 0.388 e. The SMILES string of the molecule is Cc1cc2c(c([Si](C)(C)CCC(F)(F)F)c1)Cc1c-2cc(C)cc1[Si](C)(C)CCC(F)(F)F. The van der Waals surface area contributed by atoms with Crippen molar-refractivity contribution in [1.82, 2.24) is 0 Å². The summed E-state index contributed by atoms with van der Waals surface area (Å²) in [5.74, 6) is 0. The maximum atomic E-state index is 13.0. The van der Waals surface area contributed by atoms with Crippen molar-refractivity contribution < 1.29 is 26.3 Å². The lowest BCUT2D eigenvalue weighted by Gasteiger charge is -2.28. The van der Waals surface area contributed by atoms with Gasteiger partial charge in [-0.1, -0.05) is 72.0 Å². The second-order valence-corrected chi connectivity index (χ2v) is 20.5. The van der Waals surface area contributed by atoms with Crippen LogP contribution in [0.5, 0.6) is 0 Å². The van der Waals surface area contributed by atoms with Gasteiger partial charge in [0.1, 0.15) is 0 Å². The van der Waals surface area contributed by atoms with Crippen LogP contribution in [-0.2, 0) is 6.42 Å². The average molecular weight is 503 g/mol. The van der Waals surface area contributed by atoms with Crippen LogP contribution in [0.2, 0.25) is 38.3 Å². The first-order valence-corrected chi connectivity index (χ1v) is 17.7. The summed E-state index contributed by atoms with van der Waals surface area (Å²) in [5, 5.41) is 2.10. The summed E-state index contributed by atoms with van der Waals surface area (Å²) < 4.78 is 78.0. The van der Waals surface area contributed by atoms with Crippen molar-refractivity contribution in [3.05, 3.63) is 46.5 Å².